The molecule has 0 amide bonds. The first-order valence-electron chi connectivity index (χ1n) is 3.67. The van der Waals surface area contributed by atoms with Crippen LogP contribution in [0.2, 0.25) is 0 Å². The van der Waals surface area contributed by atoms with Crippen molar-refractivity contribution in [3.05, 3.63) is 11.6 Å². The van der Waals surface area contributed by atoms with E-state index < -0.39 is 0 Å². The Hall–Kier alpha value is -0.300. The molecule has 1 heteroatoms. The maximum Gasteiger partial charge on any atom is 0.0134 e. The van der Waals surface area contributed by atoms with Gasteiger partial charge in [-0.05, 0) is 13.3 Å². The van der Waals surface area contributed by atoms with E-state index in [0.717, 1.165) is 0 Å². The fraction of sp³-hybridized carbons (Fsp3) is 0.750. The molecule has 0 radical (unpaired) electrons. The molecule has 0 saturated heterocycles. The van der Waals surface area contributed by atoms with Gasteiger partial charge < -0.3 is 5.73 Å². The van der Waals surface area contributed by atoms with Crippen molar-refractivity contribution in [2.24, 2.45) is 5.73 Å². The molecule has 0 aliphatic rings. The molecule has 0 aliphatic heterocycles. The van der Waals surface area contributed by atoms with E-state index in [-0.39, 0.29) is 0 Å². The lowest BCUT2D eigenvalue weighted by Crippen LogP contribution is -1.99. The average molecular weight is 127 g/mol. The summed E-state index contributed by atoms with van der Waals surface area (Å²) in [5.74, 6) is 0. The van der Waals surface area contributed by atoms with Gasteiger partial charge in [-0.3, -0.25) is 0 Å². The van der Waals surface area contributed by atoms with Crippen molar-refractivity contribution in [3.8, 4) is 0 Å². The minimum absolute atomic E-state index is 0.712. The largest absolute Gasteiger partial charge is 0.327 e. The number of nitrogens with two attached hydrogens (primary N) is 1. The molecule has 0 aromatic carbocycles. The molecular formula is C8H17N. The highest BCUT2D eigenvalue weighted by Crippen LogP contribution is 1.98. The van der Waals surface area contributed by atoms with Gasteiger partial charge in [0.2, 0.25) is 0 Å². The minimum Gasteiger partial charge on any atom is -0.327 e. The van der Waals surface area contributed by atoms with Gasteiger partial charge in [0.25, 0.3) is 0 Å². The Bertz CT molecular complexity index is 84.6. The normalized spacial score (nSPS) is 12.1. The average Bonchev–Trinajstić information content (AvgIpc) is 1.89. The monoisotopic (exact) mass is 127 g/mol. The summed E-state index contributed by atoms with van der Waals surface area (Å²) in [6.45, 7) is 4.99. The molecule has 54 valence electrons. The van der Waals surface area contributed by atoms with Crippen LogP contribution in [0.15, 0.2) is 11.6 Å². The van der Waals surface area contributed by atoms with E-state index in [0.29, 0.717) is 6.54 Å². The number of unbranched alkanes of at least 4 members (excludes halogenated alkanes) is 2. The zero-order valence-electron chi connectivity index (χ0n) is 6.48. The fourth-order valence-corrected chi connectivity index (χ4v) is 0.636. The van der Waals surface area contributed by atoms with Gasteiger partial charge in [-0.1, -0.05) is 31.4 Å². The standard InChI is InChI=1S/C8H17N/c1-3-4-5-6-8(2)7-9/h6H,3-5,7,9H2,1-2H3. The van der Waals surface area contributed by atoms with Crippen LogP contribution in [-0.4, -0.2) is 6.54 Å². The molecule has 0 fully saturated rings. The highest BCUT2D eigenvalue weighted by molar-refractivity contribution is 4.98. The van der Waals surface area contributed by atoms with Gasteiger partial charge in [-0.2, -0.15) is 0 Å². The summed E-state index contributed by atoms with van der Waals surface area (Å²) in [5.41, 5.74) is 6.69. The Morgan fingerprint density at radius 3 is 2.67 bits per heavy atom. The summed E-state index contributed by atoms with van der Waals surface area (Å²) in [5, 5.41) is 0. The molecule has 0 spiro atoms. The lowest BCUT2D eigenvalue weighted by atomic mass is 10.2. The third-order valence-corrected chi connectivity index (χ3v) is 1.37. The highest BCUT2D eigenvalue weighted by atomic mass is 14.5. The molecule has 0 aliphatic carbocycles. The summed E-state index contributed by atoms with van der Waals surface area (Å²) >= 11 is 0. The Labute approximate surface area is 57.9 Å². The Kier molecular flexibility index (Phi) is 5.64. The third-order valence-electron chi connectivity index (χ3n) is 1.37. The van der Waals surface area contributed by atoms with Gasteiger partial charge in [0, 0.05) is 6.54 Å². The first kappa shape index (κ1) is 8.70. The van der Waals surface area contributed by atoms with Crippen molar-refractivity contribution >= 4 is 0 Å². The molecule has 0 rings (SSSR count). The molecule has 0 bridgehead atoms. The van der Waals surface area contributed by atoms with E-state index in [1.165, 1.54) is 24.8 Å². The van der Waals surface area contributed by atoms with Crippen LogP contribution in [0.1, 0.15) is 33.1 Å². The number of hydrogen-bond donors (Lipinski definition) is 1. The van der Waals surface area contributed by atoms with Gasteiger partial charge >= 0.3 is 0 Å². The maximum atomic E-state index is 5.39. The molecule has 0 unspecified atom stereocenters. The van der Waals surface area contributed by atoms with Crippen LogP contribution in [0.3, 0.4) is 0 Å². The Balaban J connectivity index is 3.21. The lowest BCUT2D eigenvalue weighted by Gasteiger charge is -1.93. The Morgan fingerprint density at radius 1 is 1.56 bits per heavy atom. The summed E-state index contributed by atoms with van der Waals surface area (Å²) in [6.07, 6.45) is 5.98. The van der Waals surface area contributed by atoms with E-state index in [1.807, 2.05) is 0 Å². The van der Waals surface area contributed by atoms with E-state index >= 15 is 0 Å². The number of hydrogen-bond acceptors (Lipinski definition) is 1. The molecule has 0 aromatic rings. The summed E-state index contributed by atoms with van der Waals surface area (Å²) in [6, 6.07) is 0. The van der Waals surface area contributed by atoms with Gasteiger partial charge in [-0.15, -0.1) is 0 Å². The van der Waals surface area contributed by atoms with Crippen molar-refractivity contribution in [2.75, 3.05) is 6.54 Å². The molecular weight excluding hydrogens is 110 g/mol. The van der Waals surface area contributed by atoms with Crippen LogP contribution < -0.4 is 5.73 Å². The summed E-state index contributed by atoms with van der Waals surface area (Å²) < 4.78 is 0. The SMILES string of the molecule is CCCCC=C(C)CN. The van der Waals surface area contributed by atoms with Crippen molar-refractivity contribution in [2.45, 2.75) is 33.1 Å². The predicted molar refractivity (Wildman–Crippen MR) is 42.3 cm³/mol. The quantitative estimate of drug-likeness (QED) is 0.454. The second-order valence-corrected chi connectivity index (χ2v) is 2.40. The maximum absolute atomic E-state index is 5.39. The van der Waals surface area contributed by atoms with Crippen LogP contribution >= 0.6 is 0 Å². The minimum atomic E-state index is 0.712. The first-order chi connectivity index (χ1) is 4.31. The Morgan fingerprint density at radius 2 is 2.22 bits per heavy atom. The molecule has 0 heterocycles. The fourth-order valence-electron chi connectivity index (χ4n) is 0.636. The molecule has 0 aromatic heterocycles. The van der Waals surface area contributed by atoms with E-state index in [2.05, 4.69) is 19.9 Å². The van der Waals surface area contributed by atoms with Crippen LogP contribution in [0.25, 0.3) is 0 Å². The van der Waals surface area contributed by atoms with Crippen molar-refractivity contribution < 1.29 is 0 Å². The zero-order valence-corrected chi connectivity index (χ0v) is 6.48. The molecule has 0 atom stereocenters. The number of rotatable bonds is 4. The second kappa shape index (κ2) is 5.83. The molecule has 2 N–H and O–H groups in total. The lowest BCUT2D eigenvalue weighted by molar-refractivity contribution is 0.809. The molecule has 0 saturated carbocycles. The van der Waals surface area contributed by atoms with Gasteiger partial charge in [-0.25, -0.2) is 0 Å². The van der Waals surface area contributed by atoms with Crippen molar-refractivity contribution in [3.63, 3.8) is 0 Å². The molecule has 9 heavy (non-hydrogen) atoms. The van der Waals surface area contributed by atoms with E-state index in [4.69, 9.17) is 5.73 Å². The predicted octanol–water partition coefficient (Wildman–Crippen LogP) is 2.08. The topological polar surface area (TPSA) is 26.0 Å². The molecule has 1 nitrogen and oxygen atoms in total. The van der Waals surface area contributed by atoms with Crippen LogP contribution in [0.4, 0.5) is 0 Å². The van der Waals surface area contributed by atoms with Crippen LogP contribution in [-0.2, 0) is 0 Å². The van der Waals surface area contributed by atoms with Crippen molar-refractivity contribution in [1.29, 1.82) is 0 Å². The van der Waals surface area contributed by atoms with Gasteiger partial charge in [0.05, 0.1) is 0 Å². The van der Waals surface area contributed by atoms with Crippen molar-refractivity contribution in [1.82, 2.24) is 0 Å². The summed E-state index contributed by atoms with van der Waals surface area (Å²) in [4.78, 5) is 0. The third kappa shape index (κ3) is 5.57. The van der Waals surface area contributed by atoms with E-state index in [9.17, 15) is 0 Å². The van der Waals surface area contributed by atoms with Crippen LogP contribution in [0, 0.1) is 0 Å². The summed E-state index contributed by atoms with van der Waals surface area (Å²) in [7, 11) is 0. The number of allylic oxidation sites excluding steroid dienone is 1. The zero-order chi connectivity index (χ0) is 7.11. The van der Waals surface area contributed by atoms with Gasteiger partial charge in [0.15, 0.2) is 0 Å². The smallest absolute Gasteiger partial charge is 0.0134 e. The highest BCUT2D eigenvalue weighted by Gasteiger charge is 1.82. The van der Waals surface area contributed by atoms with Gasteiger partial charge in [0.1, 0.15) is 0 Å². The first-order valence-corrected chi connectivity index (χ1v) is 3.67. The van der Waals surface area contributed by atoms with Crippen LogP contribution in [0.5, 0.6) is 0 Å². The second-order valence-electron chi connectivity index (χ2n) is 2.40. The van der Waals surface area contributed by atoms with E-state index in [1.54, 1.807) is 0 Å².